The number of ether oxygens (including phenoxy) is 2. The third kappa shape index (κ3) is 4.85. The molecule has 3 aromatic carbocycles. The fourth-order valence-corrected chi connectivity index (χ4v) is 4.71. The van der Waals surface area contributed by atoms with Crippen molar-refractivity contribution < 1.29 is 14.3 Å². The average molecular weight is 482 g/mol. The Hall–Kier alpha value is -4.06. The van der Waals surface area contributed by atoms with Crippen molar-refractivity contribution in [2.45, 2.75) is 13.8 Å². The number of rotatable bonds is 7. The van der Waals surface area contributed by atoms with Gasteiger partial charge in [-0.2, -0.15) is 0 Å². The van der Waals surface area contributed by atoms with E-state index in [2.05, 4.69) is 11.0 Å². The first-order valence-corrected chi connectivity index (χ1v) is 12.6. The molecule has 2 heterocycles. The normalized spacial score (nSPS) is 13.6. The number of amides is 1. The average Bonchev–Trinajstić information content (AvgIpc) is 2.93. The molecule has 0 spiro atoms. The molecule has 0 radical (unpaired) electrons. The molecular formula is C30H31N3O3. The van der Waals surface area contributed by atoms with Gasteiger partial charge in [0.1, 0.15) is 11.5 Å². The molecule has 6 heteroatoms. The molecular weight excluding hydrogens is 450 g/mol. The highest BCUT2D eigenvalue weighted by Crippen LogP contribution is 2.30. The Balaban J connectivity index is 1.40. The first-order chi connectivity index (χ1) is 17.7. The van der Waals surface area contributed by atoms with Gasteiger partial charge in [-0.15, -0.1) is 0 Å². The van der Waals surface area contributed by atoms with E-state index in [1.807, 2.05) is 91.5 Å². The molecule has 184 valence electrons. The molecule has 0 atom stereocenters. The second-order valence-corrected chi connectivity index (χ2v) is 8.71. The van der Waals surface area contributed by atoms with Crippen LogP contribution in [0.3, 0.4) is 0 Å². The number of carbonyl (C=O) groups is 1. The van der Waals surface area contributed by atoms with Gasteiger partial charge in [0, 0.05) is 37.1 Å². The van der Waals surface area contributed by atoms with Crippen LogP contribution in [0.2, 0.25) is 0 Å². The Morgan fingerprint density at radius 2 is 1.53 bits per heavy atom. The lowest BCUT2D eigenvalue weighted by atomic mass is 10.0. The number of hydrogen-bond donors (Lipinski definition) is 0. The Bertz CT molecular complexity index is 1350. The van der Waals surface area contributed by atoms with Crippen molar-refractivity contribution in [1.82, 2.24) is 9.88 Å². The van der Waals surface area contributed by atoms with Gasteiger partial charge in [-0.25, -0.2) is 4.98 Å². The van der Waals surface area contributed by atoms with Gasteiger partial charge < -0.3 is 19.3 Å². The molecule has 1 fully saturated rings. The second-order valence-electron chi connectivity index (χ2n) is 8.71. The molecule has 1 saturated heterocycles. The summed E-state index contributed by atoms with van der Waals surface area (Å²) < 4.78 is 11.4. The maximum Gasteiger partial charge on any atom is 0.254 e. The number of aromatic nitrogens is 1. The topological polar surface area (TPSA) is 54.9 Å². The minimum Gasteiger partial charge on any atom is -0.494 e. The minimum absolute atomic E-state index is 0.0403. The lowest BCUT2D eigenvalue weighted by molar-refractivity contribution is 0.0748. The van der Waals surface area contributed by atoms with Gasteiger partial charge in [0.2, 0.25) is 0 Å². The van der Waals surface area contributed by atoms with E-state index in [9.17, 15) is 4.79 Å². The molecule has 4 aromatic rings. The monoisotopic (exact) mass is 481 g/mol. The van der Waals surface area contributed by atoms with E-state index < -0.39 is 0 Å². The van der Waals surface area contributed by atoms with Gasteiger partial charge >= 0.3 is 0 Å². The number of carbonyl (C=O) groups excluding carboxylic acids is 1. The summed E-state index contributed by atoms with van der Waals surface area (Å²) in [6.45, 7) is 8.01. The molecule has 5 rings (SSSR count). The van der Waals surface area contributed by atoms with Crippen LogP contribution in [0, 0.1) is 0 Å². The zero-order chi connectivity index (χ0) is 24.9. The van der Waals surface area contributed by atoms with Gasteiger partial charge in [0.05, 0.1) is 35.7 Å². The lowest BCUT2D eigenvalue weighted by Gasteiger charge is -2.37. The standard InChI is InChI=1S/C30H31N3O3/c1-3-35-23-15-13-22(14-16-23)27-21-25(24-9-5-6-10-26(24)31-27)30(34)33-19-17-32(18-20-33)28-11-7-8-12-29(28)36-4-2/h5-16,21H,3-4,17-20H2,1-2H3. The van der Waals surface area contributed by atoms with E-state index in [1.165, 1.54) is 0 Å². The smallest absolute Gasteiger partial charge is 0.254 e. The van der Waals surface area contributed by atoms with Crippen LogP contribution in [0.4, 0.5) is 5.69 Å². The van der Waals surface area contributed by atoms with Crippen LogP contribution in [-0.2, 0) is 0 Å². The third-order valence-corrected chi connectivity index (χ3v) is 6.48. The Labute approximate surface area is 212 Å². The number of fused-ring (bicyclic) bond motifs is 1. The second kappa shape index (κ2) is 10.7. The summed E-state index contributed by atoms with van der Waals surface area (Å²) in [5.41, 5.74) is 4.32. The van der Waals surface area contributed by atoms with Crippen molar-refractivity contribution in [3.8, 4) is 22.8 Å². The SMILES string of the molecule is CCOc1ccc(-c2cc(C(=O)N3CCN(c4ccccc4OCC)CC3)c3ccccc3n2)cc1. The van der Waals surface area contributed by atoms with Gasteiger partial charge in [-0.1, -0.05) is 30.3 Å². The molecule has 1 aliphatic heterocycles. The molecule has 1 amide bonds. The van der Waals surface area contributed by atoms with Gasteiger partial charge in [-0.05, 0) is 62.4 Å². The molecule has 36 heavy (non-hydrogen) atoms. The van der Waals surface area contributed by atoms with E-state index in [4.69, 9.17) is 14.5 Å². The number of pyridine rings is 1. The van der Waals surface area contributed by atoms with Gasteiger partial charge in [0.25, 0.3) is 5.91 Å². The fourth-order valence-electron chi connectivity index (χ4n) is 4.71. The number of hydrogen-bond acceptors (Lipinski definition) is 5. The summed E-state index contributed by atoms with van der Waals surface area (Å²) in [5, 5.41) is 0.876. The van der Waals surface area contributed by atoms with Crippen LogP contribution in [0.25, 0.3) is 22.2 Å². The number of piperazine rings is 1. The number of anilines is 1. The van der Waals surface area contributed by atoms with E-state index in [-0.39, 0.29) is 5.91 Å². The van der Waals surface area contributed by atoms with Crippen LogP contribution in [0.5, 0.6) is 11.5 Å². The molecule has 0 bridgehead atoms. The van der Waals surface area contributed by atoms with Crippen molar-refractivity contribution in [3.63, 3.8) is 0 Å². The van der Waals surface area contributed by atoms with Crippen LogP contribution in [-0.4, -0.2) is 55.2 Å². The van der Waals surface area contributed by atoms with E-state index in [0.29, 0.717) is 31.9 Å². The third-order valence-electron chi connectivity index (χ3n) is 6.48. The fraction of sp³-hybridized carbons (Fsp3) is 0.267. The van der Waals surface area contributed by atoms with Crippen LogP contribution < -0.4 is 14.4 Å². The van der Waals surface area contributed by atoms with Gasteiger partial charge in [-0.3, -0.25) is 4.79 Å². The highest BCUT2D eigenvalue weighted by Gasteiger charge is 2.25. The maximum absolute atomic E-state index is 13.8. The Morgan fingerprint density at radius 3 is 2.28 bits per heavy atom. The van der Waals surface area contributed by atoms with Crippen LogP contribution >= 0.6 is 0 Å². The van der Waals surface area contributed by atoms with Crippen molar-refractivity contribution in [3.05, 3.63) is 84.4 Å². The highest BCUT2D eigenvalue weighted by molar-refractivity contribution is 6.07. The zero-order valence-electron chi connectivity index (χ0n) is 20.8. The summed E-state index contributed by atoms with van der Waals surface area (Å²) >= 11 is 0. The van der Waals surface area contributed by atoms with E-state index in [1.54, 1.807) is 0 Å². The highest BCUT2D eigenvalue weighted by atomic mass is 16.5. The predicted octanol–water partition coefficient (Wildman–Crippen LogP) is 5.66. The minimum atomic E-state index is 0.0403. The van der Waals surface area contributed by atoms with Crippen molar-refractivity contribution >= 4 is 22.5 Å². The zero-order valence-corrected chi connectivity index (χ0v) is 20.8. The molecule has 0 aliphatic carbocycles. The molecule has 0 unspecified atom stereocenters. The van der Waals surface area contributed by atoms with Crippen LogP contribution in [0.15, 0.2) is 78.9 Å². The molecule has 0 saturated carbocycles. The number of nitrogens with zero attached hydrogens (tertiary/aromatic N) is 3. The summed E-state index contributed by atoms with van der Waals surface area (Å²) in [5.74, 6) is 1.75. The first-order valence-electron chi connectivity index (χ1n) is 12.6. The quantitative estimate of drug-likeness (QED) is 0.341. The molecule has 0 N–H and O–H groups in total. The maximum atomic E-state index is 13.8. The van der Waals surface area contributed by atoms with Crippen molar-refractivity contribution in [2.24, 2.45) is 0 Å². The summed E-state index contributed by atoms with van der Waals surface area (Å²) in [6, 6.07) is 25.8. The first kappa shape index (κ1) is 23.7. The lowest BCUT2D eigenvalue weighted by Crippen LogP contribution is -2.49. The van der Waals surface area contributed by atoms with Crippen molar-refractivity contribution in [2.75, 3.05) is 44.3 Å². The van der Waals surface area contributed by atoms with Gasteiger partial charge in [0.15, 0.2) is 0 Å². The van der Waals surface area contributed by atoms with E-state index in [0.717, 1.165) is 52.4 Å². The summed E-state index contributed by atoms with van der Waals surface area (Å²) in [7, 11) is 0. The molecule has 1 aliphatic rings. The largest absolute Gasteiger partial charge is 0.494 e. The number of benzene rings is 3. The predicted molar refractivity (Wildman–Crippen MR) is 144 cm³/mol. The van der Waals surface area contributed by atoms with Crippen LogP contribution in [0.1, 0.15) is 24.2 Å². The van der Waals surface area contributed by atoms with E-state index >= 15 is 0 Å². The van der Waals surface area contributed by atoms with Crippen molar-refractivity contribution in [1.29, 1.82) is 0 Å². The summed E-state index contributed by atoms with van der Waals surface area (Å²) in [6.07, 6.45) is 0. The molecule has 6 nitrogen and oxygen atoms in total. The Kier molecular flexibility index (Phi) is 7.03. The molecule has 1 aromatic heterocycles. The number of para-hydroxylation sites is 3. The Morgan fingerprint density at radius 1 is 0.833 bits per heavy atom. The summed E-state index contributed by atoms with van der Waals surface area (Å²) in [4.78, 5) is 22.9.